The van der Waals surface area contributed by atoms with Crippen LogP contribution in [0.5, 0.6) is 0 Å². The highest BCUT2D eigenvalue weighted by atomic mass is 79.9. The van der Waals surface area contributed by atoms with Gasteiger partial charge in [-0.1, -0.05) is 40.2 Å². The first kappa shape index (κ1) is 12.4. The molecule has 0 saturated heterocycles. The van der Waals surface area contributed by atoms with Gasteiger partial charge < -0.3 is 5.32 Å². The summed E-state index contributed by atoms with van der Waals surface area (Å²) in [6.07, 6.45) is 7.64. The number of hydrogen-bond donors (Lipinski definition) is 1. The van der Waals surface area contributed by atoms with E-state index >= 15 is 0 Å². The Hall–Kier alpha value is -0.600. The van der Waals surface area contributed by atoms with E-state index in [0.29, 0.717) is 6.04 Å². The quantitative estimate of drug-likeness (QED) is 0.817. The molecule has 2 aliphatic carbocycles. The van der Waals surface area contributed by atoms with Gasteiger partial charge in [-0.25, -0.2) is 0 Å². The van der Waals surface area contributed by atoms with Crippen molar-refractivity contribution in [1.29, 1.82) is 0 Å². The second-order valence-electron chi connectivity index (χ2n) is 5.72. The molecule has 2 heteroatoms. The molecule has 2 aliphatic rings. The molecule has 1 nitrogen and oxygen atoms in total. The molecule has 0 amide bonds. The summed E-state index contributed by atoms with van der Waals surface area (Å²) in [6, 6.07) is 9.08. The van der Waals surface area contributed by atoms with Gasteiger partial charge in [0, 0.05) is 10.5 Å². The van der Waals surface area contributed by atoms with Gasteiger partial charge in [0.1, 0.15) is 0 Å². The van der Waals surface area contributed by atoms with Crippen LogP contribution in [0.2, 0.25) is 0 Å². The minimum atomic E-state index is 0.446. The largest absolute Gasteiger partial charge is 0.310 e. The van der Waals surface area contributed by atoms with Gasteiger partial charge in [0.25, 0.3) is 0 Å². The van der Waals surface area contributed by atoms with E-state index in [2.05, 4.69) is 64.6 Å². The molecule has 1 aromatic rings. The molecule has 0 aliphatic heterocycles. The Labute approximate surface area is 118 Å². The van der Waals surface area contributed by atoms with Crippen LogP contribution in [-0.4, -0.2) is 6.54 Å². The average Bonchev–Trinajstić information content (AvgIpc) is 2.99. The van der Waals surface area contributed by atoms with Gasteiger partial charge in [0.2, 0.25) is 0 Å². The molecule has 0 radical (unpaired) electrons. The van der Waals surface area contributed by atoms with Crippen molar-refractivity contribution in [3.8, 4) is 0 Å². The van der Waals surface area contributed by atoms with Crippen molar-refractivity contribution in [3.05, 3.63) is 46.5 Å². The predicted octanol–water partition coefficient (Wildman–Crippen LogP) is 4.31. The van der Waals surface area contributed by atoms with E-state index in [9.17, 15) is 0 Å². The number of rotatable bonds is 4. The first-order chi connectivity index (χ1) is 8.72. The number of hydrogen-bond acceptors (Lipinski definition) is 1. The molecular weight excluding hydrogens is 286 g/mol. The Kier molecular flexibility index (Phi) is 3.58. The lowest BCUT2D eigenvalue weighted by molar-refractivity contribution is 0.393. The van der Waals surface area contributed by atoms with Crippen LogP contribution in [0.4, 0.5) is 0 Å². The fourth-order valence-corrected chi connectivity index (χ4v) is 3.59. The van der Waals surface area contributed by atoms with Crippen molar-refractivity contribution in [2.75, 3.05) is 6.54 Å². The topological polar surface area (TPSA) is 12.0 Å². The van der Waals surface area contributed by atoms with Crippen LogP contribution in [0.15, 0.2) is 40.9 Å². The van der Waals surface area contributed by atoms with E-state index in [1.54, 1.807) is 0 Å². The number of benzene rings is 1. The third-order valence-corrected chi connectivity index (χ3v) is 5.00. The minimum Gasteiger partial charge on any atom is -0.310 e. The fourth-order valence-electron chi connectivity index (χ4n) is 3.33. The highest BCUT2D eigenvalue weighted by molar-refractivity contribution is 9.10. The monoisotopic (exact) mass is 305 g/mol. The molecule has 18 heavy (non-hydrogen) atoms. The second-order valence-corrected chi connectivity index (χ2v) is 6.64. The lowest BCUT2D eigenvalue weighted by Crippen LogP contribution is -2.27. The van der Waals surface area contributed by atoms with Crippen LogP contribution in [0.25, 0.3) is 0 Å². The van der Waals surface area contributed by atoms with E-state index in [1.807, 2.05) is 0 Å². The summed E-state index contributed by atoms with van der Waals surface area (Å²) in [6.45, 7) is 3.41. The summed E-state index contributed by atoms with van der Waals surface area (Å²) in [5.41, 5.74) is 1.37. The maximum Gasteiger partial charge on any atom is 0.0291 e. The Morgan fingerprint density at radius 3 is 2.61 bits per heavy atom. The lowest BCUT2D eigenvalue weighted by atomic mass is 9.93. The summed E-state index contributed by atoms with van der Waals surface area (Å²) in [4.78, 5) is 0. The van der Waals surface area contributed by atoms with Crippen molar-refractivity contribution in [3.63, 3.8) is 0 Å². The molecule has 4 atom stereocenters. The van der Waals surface area contributed by atoms with E-state index < -0.39 is 0 Å². The van der Waals surface area contributed by atoms with E-state index in [-0.39, 0.29) is 0 Å². The molecule has 96 valence electrons. The van der Waals surface area contributed by atoms with Crippen molar-refractivity contribution in [2.45, 2.75) is 25.8 Å². The van der Waals surface area contributed by atoms with Crippen LogP contribution in [0.1, 0.15) is 31.4 Å². The third kappa shape index (κ3) is 2.55. The number of fused-ring (bicyclic) bond motifs is 2. The van der Waals surface area contributed by atoms with Gasteiger partial charge in [-0.2, -0.15) is 0 Å². The highest BCUT2D eigenvalue weighted by Gasteiger charge is 2.35. The van der Waals surface area contributed by atoms with Crippen LogP contribution in [-0.2, 0) is 0 Å². The zero-order valence-electron chi connectivity index (χ0n) is 10.8. The molecule has 0 spiro atoms. The molecule has 1 N–H and O–H groups in total. The van der Waals surface area contributed by atoms with Crippen molar-refractivity contribution >= 4 is 15.9 Å². The molecule has 3 rings (SSSR count). The zero-order chi connectivity index (χ0) is 12.5. The van der Waals surface area contributed by atoms with Crippen LogP contribution < -0.4 is 5.32 Å². The molecular formula is C16H20BrN. The molecule has 0 aromatic heterocycles. The standard InChI is InChI=1S/C16H20BrN/c1-11(13-4-6-16(17)7-5-13)18-10-15-9-12-2-3-14(15)8-12/h2-7,11-12,14-15,18H,8-10H2,1H3. The summed E-state index contributed by atoms with van der Waals surface area (Å²) in [5, 5.41) is 3.70. The maximum absolute atomic E-state index is 3.70. The highest BCUT2D eigenvalue weighted by Crippen LogP contribution is 2.43. The summed E-state index contributed by atoms with van der Waals surface area (Å²) in [5.74, 6) is 2.59. The predicted molar refractivity (Wildman–Crippen MR) is 79.4 cm³/mol. The van der Waals surface area contributed by atoms with Gasteiger partial charge in [0.15, 0.2) is 0 Å². The zero-order valence-corrected chi connectivity index (χ0v) is 12.4. The van der Waals surface area contributed by atoms with E-state index in [0.717, 1.165) is 28.8 Å². The Balaban J connectivity index is 1.54. The summed E-state index contributed by atoms with van der Waals surface area (Å²) < 4.78 is 1.15. The van der Waals surface area contributed by atoms with Gasteiger partial charge >= 0.3 is 0 Å². The third-order valence-electron chi connectivity index (χ3n) is 4.47. The van der Waals surface area contributed by atoms with E-state index in [1.165, 1.54) is 18.4 Å². The van der Waals surface area contributed by atoms with Crippen molar-refractivity contribution in [1.82, 2.24) is 5.32 Å². The van der Waals surface area contributed by atoms with Crippen molar-refractivity contribution in [2.24, 2.45) is 17.8 Å². The maximum atomic E-state index is 3.70. The summed E-state index contributed by atoms with van der Waals surface area (Å²) >= 11 is 3.48. The normalized spacial score (nSPS) is 30.9. The molecule has 0 heterocycles. The summed E-state index contributed by atoms with van der Waals surface area (Å²) in [7, 11) is 0. The molecule has 1 fully saturated rings. The van der Waals surface area contributed by atoms with Crippen LogP contribution in [0.3, 0.4) is 0 Å². The lowest BCUT2D eigenvalue weighted by Gasteiger charge is -2.22. The fraction of sp³-hybridized carbons (Fsp3) is 0.500. The van der Waals surface area contributed by atoms with Gasteiger partial charge in [-0.15, -0.1) is 0 Å². The first-order valence-corrected chi connectivity index (χ1v) is 7.69. The second kappa shape index (κ2) is 5.18. The Bertz CT molecular complexity index is 437. The number of nitrogens with one attached hydrogen (secondary N) is 1. The van der Waals surface area contributed by atoms with Gasteiger partial charge in [-0.3, -0.25) is 0 Å². The smallest absolute Gasteiger partial charge is 0.0291 e. The Morgan fingerprint density at radius 2 is 2.00 bits per heavy atom. The molecule has 1 aromatic carbocycles. The molecule has 2 bridgehead atoms. The average molecular weight is 306 g/mol. The van der Waals surface area contributed by atoms with Gasteiger partial charge in [-0.05, 0) is 61.8 Å². The minimum absolute atomic E-state index is 0.446. The number of allylic oxidation sites excluding steroid dienone is 2. The van der Waals surface area contributed by atoms with Crippen LogP contribution >= 0.6 is 15.9 Å². The molecule has 1 saturated carbocycles. The Morgan fingerprint density at radius 1 is 1.22 bits per heavy atom. The van der Waals surface area contributed by atoms with Crippen molar-refractivity contribution < 1.29 is 0 Å². The first-order valence-electron chi connectivity index (χ1n) is 6.89. The van der Waals surface area contributed by atoms with E-state index in [4.69, 9.17) is 0 Å². The SMILES string of the molecule is CC(NCC1CC2C=CC1C2)c1ccc(Br)cc1. The number of halogens is 1. The van der Waals surface area contributed by atoms with Gasteiger partial charge in [0.05, 0.1) is 0 Å². The van der Waals surface area contributed by atoms with Crippen LogP contribution in [0, 0.1) is 17.8 Å². The molecule has 4 unspecified atom stereocenters.